The van der Waals surface area contributed by atoms with Crippen LogP contribution in [0.1, 0.15) is 31.2 Å². The zero-order valence-corrected chi connectivity index (χ0v) is 14.5. The molecule has 2 aromatic rings. The van der Waals surface area contributed by atoms with Gasteiger partial charge in [-0.05, 0) is 31.9 Å². The number of nitro groups is 1. The van der Waals surface area contributed by atoms with E-state index in [1.165, 1.54) is 6.07 Å². The number of anilines is 1. The van der Waals surface area contributed by atoms with Gasteiger partial charge in [0.25, 0.3) is 5.69 Å². The van der Waals surface area contributed by atoms with Crippen LogP contribution in [0.4, 0.5) is 11.4 Å². The number of nitrogens with zero attached hydrogens (tertiary/aromatic N) is 2. The third kappa shape index (κ3) is 4.56. The monoisotopic (exact) mass is 347 g/mol. The van der Waals surface area contributed by atoms with Gasteiger partial charge in [-0.25, -0.2) is 0 Å². The quantitative estimate of drug-likeness (QED) is 0.336. The number of unbranched alkanes of at least 4 members (excludes halogenated alkanes) is 1. The topological polar surface area (TPSA) is 108 Å². The van der Waals surface area contributed by atoms with E-state index in [-0.39, 0.29) is 17.9 Å². The Labute approximate surface area is 145 Å². The molecule has 2 rings (SSSR count). The van der Waals surface area contributed by atoms with Crippen LogP contribution >= 0.6 is 0 Å². The predicted octanol–water partition coefficient (Wildman–Crippen LogP) is 3.62. The summed E-state index contributed by atoms with van der Waals surface area (Å²) in [5, 5.41) is 18.0. The van der Waals surface area contributed by atoms with Crippen molar-refractivity contribution in [3.05, 3.63) is 39.8 Å². The summed E-state index contributed by atoms with van der Waals surface area (Å²) in [5.41, 5.74) is 2.16. The predicted molar refractivity (Wildman–Crippen MR) is 92.4 cm³/mol. The molecule has 0 atom stereocenters. The number of nitrogens with one attached hydrogen (secondary N) is 1. The van der Waals surface area contributed by atoms with Gasteiger partial charge in [-0.2, -0.15) is 0 Å². The van der Waals surface area contributed by atoms with E-state index < -0.39 is 10.9 Å². The van der Waals surface area contributed by atoms with Gasteiger partial charge in [-0.1, -0.05) is 24.6 Å². The highest BCUT2D eigenvalue weighted by Crippen LogP contribution is 2.33. The van der Waals surface area contributed by atoms with Crippen LogP contribution in [0.25, 0.3) is 11.1 Å². The highest BCUT2D eigenvalue weighted by atomic mass is 16.6. The van der Waals surface area contributed by atoms with Gasteiger partial charge in [0.2, 0.25) is 0 Å². The number of hydrogen-bond donors (Lipinski definition) is 1. The molecule has 0 saturated heterocycles. The average molecular weight is 347 g/mol. The molecule has 1 aromatic heterocycles. The molecule has 0 fully saturated rings. The minimum atomic E-state index is -0.494. The van der Waals surface area contributed by atoms with Crippen LogP contribution in [-0.2, 0) is 9.53 Å². The summed E-state index contributed by atoms with van der Waals surface area (Å²) in [5.74, 6) is 0.143. The fourth-order valence-corrected chi connectivity index (χ4v) is 2.43. The van der Waals surface area contributed by atoms with Crippen molar-refractivity contribution < 1.29 is 19.0 Å². The first-order valence-corrected chi connectivity index (χ1v) is 8.05. The van der Waals surface area contributed by atoms with E-state index in [2.05, 4.69) is 10.5 Å². The van der Waals surface area contributed by atoms with E-state index >= 15 is 0 Å². The van der Waals surface area contributed by atoms with E-state index in [0.29, 0.717) is 23.6 Å². The molecule has 8 heteroatoms. The molecule has 0 aliphatic heterocycles. The Hall–Kier alpha value is -2.90. The summed E-state index contributed by atoms with van der Waals surface area (Å²) in [6, 6.07) is 4.74. The number of benzene rings is 1. The Morgan fingerprint density at radius 2 is 2.16 bits per heavy atom. The van der Waals surface area contributed by atoms with Gasteiger partial charge < -0.3 is 14.6 Å². The van der Waals surface area contributed by atoms with Gasteiger partial charge in [-0.3, -0.25) is 14.9 Å². The van der Waals surface area contributed by atoms with Crippen molar-refractivity contribution in [3.63, 3.8) is 0 Å². The van der Waals surface area contributed by atoms with Gasteiger partial charge in [0.1, 0.15) is 18.0 Å². The van der Waals surface area contributed by atoms with E-state index in [4.69, 9.17) is 9.26 Å². The Kier molecular flexibility index (Phi) is 6.10. The maximum atomic E-state index is 11.6. The lowest BCUT2D eigenvalue weighted by Crippen LogP contribution is -2.18. The molecule has 1 aromatic carbocycles. The fraction of sp³-hybridized carbons (Fsp3) is 0.412. The molecule has 25 heavy (non-hydrogen) atoms. The third-order valence-electron chi connectivity index (χ3n) is 3.70. The summed E-state index contributed by atoms with van der Waals surface area (Å²) in [4.78, 5) is 22.5. The standard InChI is InChI=1S/C17H21N3O5/c1-4-5-8-24-16(21)10-18-14-7-6-13(9-15(14)20(22)23)17-11(2)19-25-12(17)3/h6-7,9,18H,4-5,8,10H2,1-3H3. The second kappa shape index (κ2) is 8.27. The van der Waals surface area contributed by atoms with Crippen molar-refractivity contribution in [2.45, 2.75) is 33.6 Å². The smallest absolute Gasteiger partial charge is 0.325 e. The molecule has 0 amide bonds. The van der Waals surface area contributed by atoms with Crippen molar-refractivity contribution in [2.75, 3.05) is 18.5 Å². The highest BCUT2D eigenvalue weighted by Gasteiger charge is 2.19. The lowest BCUT2D eigenvalue weighted by molar-refractivity contribution is -0.383. The van der Waals surface area contributed by atoms with Gasteiger partial charge in [0.05, 0.1) is 17.2 Å². The zero-order valence-electron chi connectivity index (χ0n) is 14.5. The normalized spacial score (nSPS) is 10.5. The first-order valence-electron chi connectivity index (χ1n) is 8.05. The lowest BCUT2D eigenvalue weighted by atomic mass is 10.0. The number of aryl methyl sites for hydroxylation is 2. The SMILES string of the molecule is CCCCOC(=O)CNc1ccc(-c2c(C)noc2C)cc1[N+](=O)[O-]. The average Bonchev–Trinajstić information content (AvgIpc) is 2.91. The summed E-state index contributed by atoms with van der Waals surface area (Å²) in [6.07, 6.45) is 1.72. The highest BCUT2D eigenvalue weighted by molar-refractivity contribution is 5.79. The maximum Gasteiger partial charge on any atom is 0.325 e. The number of hydrogen-bond acceptors (Lipinski definition) is 7. The van der Waals surface area contributed by atoms with Crippen LogP contribution in [0.2, 0.25) is 0 Å². The Balaban J connectivity index is 2.17. The third-order valence-corrected chi connectivity index (χ3v) is 3.70. The summed E-state index contributed by atoms with van der Waals surface area (Å²) in [6.45, 7) is 5.74. The minimum Gasteiger partial charge on any atom is -0.464 e. The van der Waals surface area contributed by atoms with E-state index in [0.717, 1.165) is 18.4 Å². The van der Waals surface area contributed by atoms with Crippen molar-refractivity contribution >= 4 is 17.3 Å². The second-order valence-electron chi connectivity index (χ2n) is 5.62. The molecule has 1 heterocycles. The molecule has 0 saturated carbocycles. The van der Waals surface area contributed by atoms with Crippen molar-refractivity contribution in [2.24, 2.45) is 0 Å². The van der Waals surface area contributed by atoms with Crippen LogP contribution in [0.5, 0.6) is 0 Å². The van der Waals surface area contributed by atoms with Gasteiger partial charge in [-0.15, -0.1) is 0 Å². The Bertz CT molecular complexity index is 750. The Morgan fingerprint density at radius 1 is 1.40 bits per heavy atom. The van der Waals surface area contributed by atoms with E-state index in [9.17, 15) is 14.9 Å². The lowest BCUT2D eigenvalue weighted by Gasteiger charge is -2.09. The molecular weight excluding hydrogens is 326 g/mol. The van der Waals surface area contributed by atoms with Crippen molar-refractivity contribution in [1.29, 1.82) is 0 Å². The molecule has 134 valence electrons. The van der Waals surface area contributed by atoms with Crippen LogP contribution in [0, 0.1) is 24.0 Å². The number of carbonyl (C=O) groups excluding carboxylic acids is 1. The van der Waals surface area contributed by atoms with E-state index in [1.807, 2.05) is 6.92 Å². The molecule has 0 aliphatic rings. The summed E-state index contributed by atoms with van der Waals surface area (Å²) in [7, 11) is 0. The summed E-state index contributed by atoms with van der Waals surface area (Å²) < 4.78 is 10.1. The minimum absolute atomic E-state index is 0.126. The van der Waals surface area contributed by atoms with Gasteiger partial charge in [0, 0.05) is 11.6 Å². The van der Waals surface area contributed by atoms with Crippen LogP contribution in [0.15, 0.2) is 22.7 Å². The Morgan fingerprint density at radius 3 is 2.76 bits per heavy atom. The van der Waals surface area contributed by atoms with Crippen molar-refractivity contribution in [1.82, 2.24) is 5.16 Å². The van der Waals surface area contributed by atoms with Crippen molar-refractivity contribution in [3.8, 4) is 11.1 Å². The van der Waals surface area contributed by atoms with Gasteiger partial charge >= 0.3 is 5.97 Å². The molecule has 0 unspecified atom stereocenters. The summed E-state index contributed by atoms with van der Waals surface area (Å²) >= 11 is 0. The second-order valence-corrected chi connectivity index (χ2v) is 5.62. The molecule has 0 bridgehead atoms. The molecule has 8 nitrogen and oxygen atoms in total. The number of rotatable bonds is 8. The van der Waals surface area contributed by atoms with Crippen LogP contribution in [-0.4, -0.2) is 29.2 Å². The fourth-order valence-electron chi connectivity index (χ4n) is 2.43. The molecule has 0 spiro atoms. The maximum absolute atomic E-state index is 11.6. The first kappa shape index (κ1) is 18.4. The largest absolute Gasteiger partial charge is 0.464 e. The molecular formula is C17H21N3O5. The molecule has 0 radical (unpaired) electrons. The van der Waals surface area contributed by atoms with Gasteiger partial charge in [0.15, 0.2) is 0 Å². The van der Waals surface area contributed by atoms with E-state index in [1.54, 1.807) is 26.0 Å². The number of nitro benzene ring substituents is 1. The number of esters is 1. The number of carbonyl (C=O) groups is 1. The van der Waals surface area contributed by atoms with Crippen LogP contribution < -0.4 is 5.32 Å². The molecule has 1 N–H and O–H groups in total. The zero-order chi connectivity index (χ0) is 18.4. The van der Waals surface area contributed by atoms with Crippen LogP contribution in [0.3, 0.4) is 0 Å². The number of ether oxygens (including phenoxy) is 1. The first-order chi connectivity index (χ1) is 11.9. The number of aromatic nitrogens is 1. The molecule has 0 aliphatic carbocycles.